The molecule has 1 aliphatic carbocycles. The van der Waals surface area contributed by atoms with Gasteiger partial charge >= 0.3 is 5.97 Å². The SMILES string of the molecule is CC(C)(/C=C/C1CCCC1)NC(=O)[C@@H](N)CC(=O)O. The van der Waals surface area contributed by atoms with Gasteiger partial charge in [-0.3, -0.25) is 9.59 Å². The molecule has 0 saturated heterocycles. The van der Waals surface area contributed by atoms with Crippen LogP contribution < -0.4 is 11.1 Å². The minimum Gasteiger partial charge on any atom is -0.481 e. The predicted molar refractivity (Wildman–Crippen MR) is 73.5 cm³/mol. The van der Waals surface area contributed by atoms with E-state index in [1.54, 1.807) is 0 Å². The first kappa shape index (κ1) is 15.7. The summed E-state index contributed by atoms with van der Waals surface area (Å²) in [6.07, 6.45) is 8.73. The van der Waals surface area contributed by atoms with Gasteiger partial charge in [-0.05, 0) is 32.6 Å². The van der Waals surface area contributed by atoms with E-state index in [4.69, 9.17) is 10.8 Å². The van der Waals surface area contributed by atoms with Crippen LogP contribution in [0.2, 0.25) is 0 Å². The number of carbonyl (C=O) groups excluding carboxylic acids is 1. The summed E-state index contributed by atoms with van der Waals surface area (Å²) in [5, 5.41) is 11.4. The lowest BCUT2D eigenvalue weighted by Gasteiger charge is -2.24. The topological polar surface area (TPSA) is 92.4 Å². The highest BCUT2D eigenvalue weighted by Gasteiger charge is 2.23. The third-order valence-electron chi connectivity index (χ3n) is 3.36. The Balaban J connectivity index is 2.48. The molecule has 1 aliphatic rings. The first-order valence-electron chi connectivity index (χ1n) is 6.79. The Labute approximate surface area is 114 Å². The zero-order valence-electron chi connectivity index (χ0n) is 11.7. The second kappa shape index (κ2) is 6.70. The standard InChI is InChI=1S/C14H24N2O3/c1-14(2,8-7-10-5-3-4-6-10)16-13(19)11(15)9-12(17)18/h7-8,10-11H,3-6,9,15H2,1-2H3,(H,16,19)(H,17,18)/b8-7+/t11-/m0/s1. The number of hydrogen-bond acceptors (Lipinski definition) is 3. The maximum atomic E-state index is 11.8. The lowest BCUT2D eigenvalue weighted by Crippen LogP contribution is -2.50. The third kappa shape index (κ3) is 5.87. The van der Waals surface area contributed by atoms with Crippen molar-refractivity contribution in [2.45, 2.75) is 57.5 Å². The van der Waals surface area contributed by atoms with E-state index in [2.05, 4.69) is 11.4 Å². The number of amides is 1. The molecule has 0 aromatic heterocycles. The Morgan fingerprint density at radius 3 is 2.53 bits per heavy atom. The van der Waals surface area contributed by atoms with Crippen LogP contribution in [0.1, 0.15) is 46.0 Å². The Hall–Kier alpha value is -1.36. The summed E-state index contributed by atoms with van der Waals surface area (Å²) in [7, 11) is 0. The van der Waals surface area contributed by atoms with Crippen molar-refractivity contribution < 1.29 is 14.7 Å². The molecule has 1 atom stereocenters. The monoisotopic (exact) mass is 268 g/mol. The van der Waals surface area contributed by atoms with E-state index in [-0.39, 0.29) is 6.42 Å². The van der Waals surface area contributed by atoms with Crippen molar-refractivity contribution in [1.29, 1.82) is 0 Å². The third-order valence-corrected chi connectivity index (χ3v) is 3.36. The largest absolute Gasteiger partial charge is 0.481 e. The molecule has 0 heterocycles. The van der Waals surface area contributed by atoms with Gasteiger partial charge in [0.2, 0.25) is 5.91 Å². The normalized spacial score (nSPS) is 18.7. The zero-order valence-corrected chi connectivity index (χ0v) is 11.7. The first-order valence-corrected chi connectivity index (χ1v) is 6.79. The fourth-order valence-corrected chi connectivity index (χ4v) is 2.26. The number of rotatable bonds is 6. The van der Waals surface area contributed by atoms with Gasteiger partial charge in [0.05, 0.1) is 18.0 Å². The minimum atomic E-state index is -1.07. The first-order chi connectivity index (χ1) is 8.80. The Morgan fingerprint density at radius 2 is 2.00 bits per heavy atom. The molecule has 0 radical (unpaired) electrons. The molecule has 0 aromatic rings. The van der Waals surface area contributed by atoms with Gasteiger partial charge in [0.1, 0.15) is 0 Å². The Morgan fingerprint density at radius 1 is 1.42 bits per heavy atom. The summed E-state index contributed by atoms with van der Waals surface area (Å²) in [6.45, 7) is 3.76. The van der Waals surface area contributed by atoms with E-state index >= 15 is 0 Å². The van der Waals surface area contributed by atoms with E-state index in [1.807, 2.05) is 19.9 Å². The van der Waals surface area contributed by atoms with Gasteiger partial charge in [-0.25, -0.2) is 0 Å². The van der Waals surface area contributed by atoms with Crippen molar-refractivity contribution in [3.63, 3.8) is 0 Å². The average Bonchev–Trinajstić information content (AvgIpc) is 2.77. The number of allylic oxidation sites excluding steroid dienone is 1. The summed E-state index contributed by atoms with van der Waals surface area (Å²) in [4.78, 5) is 22.3. The molecule has 4 N–H and O–H groups in total. The summed E-state index contributed by atoms with van der Waals surface area (Å²) in [6, 6.07) is -1.00. The van der Waals surface area contributed by atoms with E-state index < -0.39 is 23.5 Å². The van der Waals surface area contributed by atoms with Crippen molar-refractivity contribution in [3.8, 4) is 0 Å². The molecule has 1 rings (SSSR count). The number of carbonyl (C=O) groups is 2. The highest BCUT2D eigenvalue weighted by atomic mass is 16.4. The molecule has 1 fully saturated rings. The van der Waals surface area contributed by atoms with Crippen LogP contribution in [0.15, 0.2) is 12.2 Å². The number of aliphatic carboxylic acids is 1. The van der Waals surface area contributed by atoms with Crippen LogP contribution in [-0.4, -0.2) is 28.6 Å². The van der Waals surface area contributed by atoms with Gasteiger partial charge in [-0.1, -0.05) is 25.0 Å². The fourth-order valence-electron chi connectivity index (χ4n) is 2.26. The number of hydrogen-bond donors (Lipinski definition) is 3. The maximum absolute atomic E-state index is 11.8. The van der Waals surface area contributed by atoms with Gasteiger partial charge in [0.15, 0.2) is 0 Å². The van der Waals surface area contributed by atoms with Gasteiger partial charge < -0.3 is 16.2 Å². The molecule has 5 heteroatoms. The predicted octanol–water partition coefficient (Wildman–Crippen LogP) is 1.43. The van der Waals surface area contributed by atoms with Crippen LogP contribution in [0.25, 0.3) is 0 Å². The van der Waals surface area contributed by atoms with Crippen molar-refractivity contribution in [1.82, 2.24) is 5.32 Å². The molecule has 5 nitrogen and oxygen atoms in total. The van der Waals surface area contributed by atoms with Crippen molar-refractivity contribution >= 4 is 11.9 Å². The quantitative estimate of drug-likeness (QED) is 0.635. The molecular weight excluding hydrogens is 244 g/mol. The molecule has 19 heavy (non-hydrogen) atoms. The van der Waals surface area contributed by atoms with Gasteiger partial charge in [0, 0.05) is 0 Å². The van der Waals surface area contributed by atoms with Gasteiger partial charge in [0.25, 0.3) is 0 Å². The number of nitrogens with one attached hydrogen (secondary N) is 1. The summed E-state index contributed by atoms with van der Waals surface area (Å²) in [5.74, 6) is -0.894. The van der Waals surface area contributed by atoms with E-state index in [1.165, 1.54) is 25.7 Å². The van der Waals surface area contributed by atoms with E-state index in [0.29, 0.717) is 5.92 Å². The van der Waals surface area contributed by atoms with Crippen LogP contribution in [-0.2, 0) is 9.59 Å². The smallest absolute Gasteiger partial charge is 0.305 e. The van der Waals surface area contributed by atoms with Gasteiger partial charge in [-0.2, -0.15) is 0 Å². The number of carboxylic acid groups (broad SMARTS) is 1. The van der Waals surface area contributed by atoms with E-state index in [0.717, 1.165) is 0 Å². The average molecular weight is 268 g/mol. The lowest BCUT2D eigenvalue weighted by atomic mass is 9.99. The van der Waals surface area contributed by atoms with Crippen LogP contribution in [0, 0.1) is 5.92 Å². The highest BCUT2D eigenvalue weighted by Crippen LogP contribution is 2.26. The van der Waals surface area contributed by atoms with Gasteiger partial charge in [-0.15, -0.1) is 0 Å². The van der Waals surface area contributed by atoms with Crippen molar-refractivity contribution in [2.24, 2.45) is 11.7 Å². The Bertz CT molecular complexity index is 358. The fraction of sp³-hybridized carbons (Fsp3) is 0.714. The summed E-state index contributed by atoms with van der Waals surface area (Å²) >= 11 is 0. The van der Waals surface area contributed by atoms with Crippen LogP contribution in [0.4, 0.5) is 0 Å². The molecule has 1 saturated carbocycles. The van der Waals surface area contributed by atoms with Crippen LogP contribution in [0.5, 0.6) is 0 Å². The second-order valence-corrected chi connectivity index (χ2v) is 5.82. The molecule has 108 valence electrons. The molecule has 0 spiro atoms. The Kier molecular flexibility index (Phi) is 5.54. The highest BCUT2D eigenvalue weighted by molar-refractivity contribution is 5.86. The lowest BCUT2D eigenvalue weighted by molar-refractivity contribution is -0.139. The summed E-state index contributed by atoms with van der Waals surface area (Å²) in [5.41, 5.74) is 5.02. The number of carboxylic acids is 1. The summed E-state index contributed by atoms with van der Waals surface area (Å²) < 4.78 is 0. The molecular formula is C14H24N2O3. The van der Waals surface area contributed by atoms with E-state index in [9.17, 15) is 9.59 Å². The molecule has 0 bridgehead atoms. The van der Waals surface area contributed by atoms with Crippen molar-refractivity contribution in [2.75, 3.05) is 0 Å². The maximum Gasteiger partial charge on any atom is 0.305 e. The molecule has 1 amide bonds. The minimum absolute atomic E-state index is 0.353. The number of nitrogens with two attached hydrogens (primary N) is 1. The molecule has 0 aromatic carbocycles. The molecule has 0 unspecified atom stereocenters. The van der Waals surface area contributed by atoms with Crippen LogP contribution in [0.3, 0.4) is 0 Å². The molecule has 0 aliphatic heterocycles. The van der Waals surface area contributed by atoms with Crippen LogP contribution >= 0.6 is 0 Å². The van der Waals surface area contributed by atoms with Crippen molar-refractivity contribution in [3.05, 3.63) is 12.2 Å². The zero-order chi connectivity index (χ0) is 14.5. The second-order valence-electron chi connectivity index (χ2n) is 5.82.